The summed E-state index contributed by atoms with van der Waals surface area (Å²) >= 11 is 0. The summed E-state index contributed by atoms with van der Waals surface area (Å²) in [5, 5.41) is 11.0. The van der Waals surface area contributed by atoms with E-state index in [1.807, 2.05) is 0 Å². The summed E-state index contributed by atoms with van der Waals surface area (Å²) in [5.41, 5.74) is -1.46. The maximum absolute atomic E-state index is 13.4. The first-order valence-electron chi connectivity index (χ1n) is 6.41. The van der Waals surface area contributed by atoms with Crippen LogP contribution in [0.4, 0.5) is 14.9 Å². The predicted octanol–water partition coefficient (Wildman–Crippen LogP) is 2.84. The third-order valence-corrected chi connectivity index (χ3v) is 2.73. The number of halogens is 1. The van der Waals surface area contributed by atoms with E-state index in [1.54, 1.807) is 20.8 Å². The number of hydrogen-bond acceptors (Lipinski definition) is 5. The maximum Gasteiger partial charge on any atom is 0.410 e. The number of nitro benzene ring substituents is 1. The molecule has 8 heteroatoms. The van der Waals surface area contributed by atoms with Gasteiger partial charge in [0.05, 0.1) is 10.5 Å². The third-order valence-electron chi connectivity index (χ3n) is 2.73. The Hall–Kier alpha value is -2.51. The highest BCUT2D eigenvalue weighted by Crippen LogP contribution is 2.29. The van der Waals surface area contributed by atoms with Gasteiger partial charge < -0.3 is 9.53 Å². The van der Waals surface area contributed by atoms with Gasteiger partial charge in [-0.25, -0.2) is 9.18 Å². The number of amides is 1. The van der Waals surface area contributed by atoms with Crippen molar-refractivity contribution in [2.45, 2.75) is 32.4 Å². The summed E-state index contributed by atoms with van der Waals surface area (Å²) in [6.45, 7) is 4.91. The molecule has 22 heavy (non-hydrogen) atoms. The van der Waals surface area contributed by atoms with Gasteiger partial charge in [-0.05, 0) is 32.9 Å². The number of likely N-dealkylation sites (N-methyl/N-ethyl adjacent to an activating group) is 1. The summed E-state index contributed by atoms with van der Waals surface area (Å²) in [7, 11) is 1.25. The molecule has 1 amide bonds. The lowest BCUT2D eigenvalue weighted by atomic mass is 10.0. The predicted molar refractivity (Wildman–Crippen MR) is 75.9 cm³/mol. The van der Waals surface area contributed by atoms with E-state index in [2.05, 4.69) is 0 Å². The largest absolute Gasteiger partial charge is 0.444 e. The highest BCUT2D eigenvalue weighted by molar-refractivity contribution is 5.76. The average Bonchev–Trinajstić information content (AvgIpc) is 2.37. The van der Waals surface area contributed by atoms with Crippen LogP contribution in [-0.2, 0) is 9.53 Å². The lowest BCUT2D eigenvalue weighted by Gasteiger charge is -2.28. The summed E-state index contributed by atoms with van der Waals surface area (Å²) < 4.78 is 18.5. The molecule has 1 unspecified atom stereocenters. The third kappa shape index (κ3) is 4.24. The topological polar surface area (TPSA) is 89.8 Å². The van der Waals surface area contributed by atoms with E-state index in [4.69, 9.17) is 4.74 Å². The fraction of sp³-hybridized carbons (Fsp3) is 0.429. The van der Waals surface area contributed by atoms with Crippen molar-refractivity contribution in [3.8, 4) is 0 Å². The Morgan fingerprint density at radius 1 is 1.45 bits per heavy atom. The van der Waals surface area contributed by atoms with Crippen LogP contribution in [0.15, 0.2) is 18.2 Å². The second kappa shape index (κ2) is 6.50. The Kier molecular flexibility index (Phi) is 5.19. The Morgan fingerprint density at radius 3 is 2.50 bits per heavy atom. The van der Waals surface area contributed by atoms with Crippen LogP contribution in [0.3, 0.4) is 0 Å². The molecule has 0 saturated carbocycles. The lowest BCUT2D eigenvalue weighted by Crippen LogP contribution is -2.37. The van der Waals surface area contributed by atoms with Crippen molar-refractivity contribution in [3.05, 3.63) is 39.7 Å². The van der Waals surface area contributed by atoms with E-state index < -0.39 is 34.2 Å². The van der Waals surface area contributed by atoms with Crippen molar-refractivity contribution in [2.24, 2.45) is 0 Å². The number of carbonyl (C=O) groups excluding carboxylic acids is 2. The van der Waals surface area contributed by atoms with Crippen LogP contribution in [0, 0.1) is 15.9 Å². The van der Waals surface area contributed by atoms with Crippen LogP contribution >= 0.6 is 0 Å². The number of carbonyl (C=O) groups is 2. The number of aldehydes is 1. The Labute approximate surface area is 126 Å². The van der Waals surface area contributed by atoms with Crippen molar-refractivity contribution in [2.75, 3.05) is 7.05 Å². The minimum Gasteiger partial charge on any atom is -0.444 e. The zero-order valence-corrected chi connectivity index (χ0v) is 12.7. The van der Waals surface area contributed by atoms with Gasteiger partial charge in [-0.15, -0.1) is 0 Å². The van der Waals surface area contributed by atoms with Crippen molar-refractivity contribution in [1.29, 1.82) is 0 Å². The molecule has 0 spiro atoms. The zero-order chi connectivity index (χ0) is 17.1. The monoisotopic (exact) mass is 312 g/mol. The second-order valence-electron chi connectivity index (χ2n) is 5.63. The van der Waals surface area contributed by atoms with Crippen LogP contribution < -0.4 is 0 Å². The molecule has 1 rings (SSSR count). The van der Waals surface area contributed by atoms with E-state index in [1.165, 1.54) is 7.05 Å². The molecular weight excluding hydrogens is 295 g/mol. The Bertz CT molecular complexity index is 597. The molecule has 0 aliphatic carbocycles. The number of benzene rings is 1. The molecule has 0 radical (unpaired) electrons. The smallest absolute Gasteiger partial charge is 0.410 e. The van der Waals surface area contributed by atoms with Gasteiger partial charge in [0, 0.05) is 13.1 Å². The molecule has 1 aromatic rings. The van der Waals surface area contributed by atoms with Crippen LogP contribution in [-0.4, -0.2) is 34.9 Å². The number of rotatable bonds is 4. The molecule has 0 aliphatic heterocycles. The van der Waals surface area contributed by atoms with Gasteiger partial charge in [0.25, 0.3) is 5.69 Å². The van der Waals surface area contributed by atoms with E-state index in [0.29, 0.717) is 6.29 Å². The van der Waals surface area contributed by atoms with E-state index >= 15 is 0 Å². The van der Waals surface area contributed by atoms with Gasteiger partial charge in [-0.2, -0.15) is 0 Å². The first-order valence-corrected chi connectivity index (χ1v) is 6.41. The molecule has 0 N–H and O–H groups in total. The van der Waals surface area contributed by atoms with Crippen LogP contribution in [0.25, 0.3) is 0 Å². The first kappa shape index (κ1) is 17.5. The van der Waals surface area contributed by atoms with E-state index in [0.717, 1.165) is 23.1 Å². The van der Waals surface area contributed by atoms with Crippen molar-refractivity contribution >= 4 is 18.1 Å². The minimum atomic E-state index is -1.33. The van der Waals surface area contributed by atoms with Crippen LogP contribution in [0.2, 0.25) is 0 Å². The molecule has 120 valence electrons. The Morgan fingerprint density at radius 2 is 2.05 bits per heavy atom. The quantitative estimate of drug-likeness (QED) is 0.484. The molecular formula is C14H17FN2O5. The minimum absolute atomic E-state index is 0.214. The van der Waals surface area contributed by atoms with Crippen molar-refractivity contribution in [1.82, 2.24) is 4.90 Å². The molecule has 0 fully saturated rings. The number of nitro groups is 1. The number of ether oxygens (including phenoxy) is 1. The first-order chi connectivity index (χ1) is 10.1. The molecule has 0 heterocycles. The number of nitrogens with zero attached hydrogens (tertiary/aromatic N) is 2. The zero-order valence-electron chi connectivity index (χ0n) is 12.7. The highest BCUT2D eigenvalue weighted by atomic mass is 19.1. The fourth-order valence-electron chi connectivity index (χ4n) is 1.75. The maximum atomic E-state index is 13.4. The van der Waals surface area contributed by atoms with Crippen LogP contribution in [0.5, 0.6) is 0 Å². The van der Waals surface area contributed by atoms with Gasteiger partial charge >= 0.3 is 6.09 Å². The number of hydrogen-bond donors (Lipinski definition) is 0. The van der Waals surface area contributed by atoms with Gasteiger partial charge in [-0.3, -0.25) is 15.0 Å². The van der Waals surface area contributed by atoms with Crippen molar-refractivity contribution in [3.63, 3.8) is 0 Å². The molecule has 0 aliphatic rings. The normalized spacial score (nSPS) is 12.4. The summed E-state index contributed by atoms with van der Waals surface area (Å²) in [4.78, 5) is 34.4. The van der Waals surface area contributed by atoms with E-state index in [-0.39, 0.29) is 5.56 Å². The van der Waals surface area contributed by atoms with Gasteiger partial charge in [0.15, 0.2) is 0 Å². The summed E-state index contributed by atoms with van der Waals surface area (Å²) in [5.74, 6) is -0.745. The van der Waals surface area contributed by atoms with Gasteiger partial charge in [-0.1, -0.05) is 0 Å². The lowest BCUT2D eigenvalue weighted by molar-refractivity contribution is -0.385. The molecule has 1 aromatic carbocycles. The standard InChI is InChI=1S/C14H17FN2O5/c1-14(2,3)22-13(19)16(4)12(8-18)10-7-9(15)5-6-11(10)17(20)21/h5-8,12H,1-4H3. The Balaban J connectivity index is 3.21. The van der Waals surface area contributed by atoms with Crippen molar-refractivity contribution < 1.29 is 23.6 Å². The molecule has 0 aromatic heterocycles. The van der Waals surface area contributed by atoms with E-state index in [9.17, 15) is 24.1 Å². The summed E-state index contributed by atoms with van der Waals surface area (Å²) in [6, 6.07) is 1.39. The fourth-order valence-corrected chi connectivity index (χ4v) is 1.75. The summed E-state index contributed by atoms with van der Waals surface area (Å²) in [6.07, 6.45) is -0.519. The van der Waals surface area contributed by atoms with Crippen LogP contribution in [0.1, 0.15) is 32.4 Å². The molecule has 0 bridgehead atoms. The molecule has 0 saturated heterocycles. The van der Waals surface area contributed by atoms with Gasteiger partial charge in [0.2, 0.25) is 0 Å². The molecule has 1 atom stereocenters. The highest BCUT2D eigenvalue weighted by Gasteiger charge is 2.31. The second-order valence-corrected chi connectivity index (χ2v) is 5.63. The average molecular weight is 312 g/mol. The SMILES string of the molecule is CN(C(=O)OC(C)(C)C)C(C=O)c1cc(F)ccc1[N+](=O)[O-]. The van der Waals surface area contributed by atoms with Gasteiger partial charge in [0.1, 0.15) is 23.7 Å². The molecule has 7 nitrogen and oxygen atoms in total.